The fraction of sp³-hybridized carbons (Fsp3) is 0.278. The number of esters is 1. The van der Waals surface area contributed by atoms with E-state index in [1.54, 1.807) is 18.9 Å². The largest absolute Gasteiger partial charge is 0.496 e. The van der Waals surface area contributed by atoms with Crippen LogP contribution in [-0.2, 0) is 9.53 Å². The lowest BCUT2D eigenvalue weighted by atomic mass is 9.99. The van der Waals surface area contributed by atoms with E-state index in [2.05, 4.69) is 19.1 Å². The van der Waals surface area contributed by atoms with Gasteiger partial charge < -0.3 is 9.47 Å². The van der Waals surface area contributed by atoms with Crippen LogP contribution in [0, 0.1) is 6.92 Å². The molecule has 0 aliphatic rings. The summed E-state index contributed by atoms with van der Waals surface area (Å²) in [5.41, 5.74) is 3.44. The van der Waals surface area contributed by atoms with Crippen molar-refractivity contribution in [1.82, 2.24) is 0 Å². The molecule has 1 unspecified atom stereocenters. The maximum absolute atomic E-state index is 11.5. The van der Waals surface area contributed by atoms with E-state index in [1.165, 1.54) is 18.2 Å². The molecule has 0 spiro atoms. The summed E-state index contributed by atoms with van der Waals surface area (Å²) in [5.74, 6) is 0.902. The highest BCUT2D eigenvalue weighted by molar-refractivity contribution is 8.00. The minimum absolute atomic E-state index is 0.0245. The van der Waals surface area contributed by atoms with Gasteiger partial charge in [0.05, 0.1) is 25.2 Å². The van der Waals surface area contributed by atoms with Crippen LogP contribution in [0.4, 0.5) is 0 Å². The molecule has 0 N–H and O–H groups in total. The molecule has 2 aromatic rings. The zero-order valence-corrected chi connectivity index (χ0v) is 13.9. The molecular weight excluding hydrogens is 296 g/mol. The SMILES string of the molecule is COC(=O)CSC(c1ccccc1C)c1ccccc1OC. The lowest BCUT2D eigenvalue weighted by Crippen LogP contribution is -2.08. The maximum Gasteiger partial charge on any atom is 0.315 e. The van der Waals surface area contributed by atoms with Crippen LogP contribution in [0.2, 0.25) is 0 Å². The number of para-hydroxylation sites is 1. The molecule has 0 radical (unpaired) electrons. The predicted molar refractivity (Wildman–Crippen MR) is 90.5 cm³/mol. The van der Waals surface area contributed by atoms with E-state index in [4.69, 9.17) is 9.47 Å². The van der Waals surface area contributed by atoms with Crippen molar-refractivity contribution in [3.05, 3.63) is 65.2 Å². The topological polar surface area (TPSA) is 35.5 Å². The lowest BCUT2D eigenvalue weighted by molar-refractivity contribution is -0.137. The molecule has 4 heteroatoms. The van der Waals surface area contributed by atoms with Gasteiger partial charge in [-0.2, -0.15) is 0 Å². The first kappa shape index (κ1) is 16.4. The maximum atomic E-state index is 11.5. The molecule has 0 amide bonds. The molecule has 1 atom stereocenters. The smallest absolute Gasteiger partial charge is 0.315 e. The van der Waals surface area contributed by atoms with E-state index >= 15 is 0 Å². The van der Waals surface area contributed by atoms with Gasteiger partial charge in [-0.25, -0.2) is 0 Å². The van der Waals surface area contributed by atoms with Crippen molar-refractivity contribution in [1.29, 1.82) is 0 Å². The molecule has 0 aromatic heterocycles. The van der Waals surface area contributed by atoms with Crippen molar-refractivity contribution in [3.8, 4) is 5.75 Å². The third-order valence-electron chi connectivity index (χ3n) is 3.49. The summed E-state index contributed by atoms with van der Waals surface area (Å²) in [6.45, 7) is 2.08. The first-order chi connectivity index (χ1) is 10.7. The summed E-state index contributed by atoms with van der Waals surface area (Å²) in [6, 6.07) is 16.1. The molecule has 3 nitrogen and oxygen atoms in total. The van der Waals surface area contributed by atoms with Gasteiger partial charge in [0, 0.05) is 5.56 Å². The monoisotopic (exact) mass is 316 g/mol. The third-order valence-corrected chi connectivity index (χ3v) is 4.73. The summed E-state index contributed by atoms with van der Waals surface area (Å²) in [4.78, 5) is 11.5. The van der Waals surface area contributed by atoms with E-state index in [-0.39, 0.29) is 11.2 Å². The Hall–Kier alpha value is -1.94. The minimum atomic E-state index is -0.224. The normalized spacial score (nSPS) is 11.8. The molecule has 0 saturated heterocycles. The predicted octanol–water partition coefficient (Wildman–Crippen LogP) is 4.00. The van der Waals surface area contributed by atoms with E-state index in [0.29, 0.717) is 5.75 Å². The van der Waals surface area contributed by atoms with Crippen molar-refractivity contribution in [2.75, 3.05) is 20.0 Å². The highest BCUT2D eigenvalue weighted by atomic mass is 32.2. The van der Waals surface area contributed by atoms with E-state index in [0.717, 1.165) is 11.3 Å². The summed E-state index contributed by atoms with van der Waals surface area (Å²) < 4.78 is 10.3. The first-order valence-corrected chi connectivity index (χ1v) is 8.09. The van der Waals surface area contributed by atoms with Gasteiger partial charge in [-0.3, -0.25) is 4.79 Å². The van der Waals surface area contributed by atoms with Crippen LogP contribution >= 0.6 is 11.8 Å². The zero-order valence-electron chi connectivity index (χ0n) is 13.0. The number of methoxy groups -OCH3 is 2. The Morgan fingerprint density at radius 2 is 1.68 bits per heavy atom. The Labute approximate surface area is 135 Å². The number of benzene rings is 2. The van der Waals surface area contributed by atoms with Crippen LogP contribution in [0.1, 0.15) is 21.9 Å². The van der Waals surface area contributed by atoms with Crippen LogP contribution in [0.5, 0.6) is 5.75 Å². The van der Waals surface area contributed by atoms with E-state index < -0.39 is 0 Å². The summed E-state index contributed by atoms with van der Waals surface area (Å²) in [6.07, 6.45) is 0. The fourth-order valence-corrected chi connectivity index (χ4v) is 3.56. The number of carbonyl (C=O) groups is 1. The van der Waals surface area contributed by atoms with Crippen molar-refractivity contribution in [3.63, 3.8) is 0 Å². The van der Waals surface area contributed by atoms with Crippen LogP contribution in [0.3, 0.4) is 0 Å². The van der Waals surface area contributed by atoms with Crippen molar-refractivity contribution in [2.45, 2.75) is 12.2 Å². The molecule has 0 saturated carbocycles. The molecule has 0 heterocycles. The van der Waals surface area contributed by atoms with Gasteiger partial charge in [0.25, 0.3) is 0 Å². The Morgan fingerprint density at radius 1 is 1.05 bits per heavy atom. The second-order valence-electron chi connectivity index (χ2n) is 4.87. The number of carbonyl (C=O) groups excluding carboxylic acids is 1. The van der Waals surface area contributed by atoms with Crippen molar-refractivity contribution in [2.24, 2.45) is 0 Å². The van der Waals surface area contributed by atoms with Crippen molar-refractivity contribution < 1.29 is 14.3 Å². The molecule has 2 rings (SSSR count). The van der Waals surface area contributed by atoms with Gasteiger partial charge in [0.2, 0.25) is 0 Å². The fourth-order valence-electron chi connectivity index (χ4n) is 2.32. The first-order valence-electron chi connectivity index (χ1n) is 7.04. The van der Waals surface area contributed by atoms with E-state index in [1.807, 2.05) is 36.4 Å². The van der Waals surface area contributed by atoms with Crippen LogP contribution < -0.4 is 4.74 Å². The van der Waals surface area contributed by atoms with Crippen LogP contribution in [0.25, 0.3) is 0 Å². The number of aryl methyl sites for hydroxylation is 1. The van der Waals surface area contributed by atoms with Gasteiger partial charge in [0.1, 0.15) is 5.75 Å². The number of thioether (sulfide) groups is 1. The van der Waals surface area contributed by atoms with Gasteiger partial charge in [-0.05, 0) is 24.1 Å². The van der Waals surface area contributed by atoms with Crippen molar-refractivity contribution >= 4 is 17.7 Å². The Balaban J connectivity index is 2.41. The number of hydrogen-bond donors (Lipinski definition) is 0. The number of hydrogen-bond acceptors (Lipinski definition) is 4. The molecule has 0 aliphatic heterocycles. The van der Waals surface area contributed by atoms with Crippen LogP contribution in [-0.4, -0.2) is 25.9 Å². The Morgan fingerprint density at radius 3 is 2.32 bits per heavy atom. The average Bonchev–Trinajstić information content (AvgIpc) is 2.56. The molecule has 0 aliphatic carbocycles. The highest BCUT2D eigenvalue weighted by Crippen LogP contribution is 2.41. The molecule has 22 heavy (non-hydrogen) atoms. The minimum Gasteiger partial charge on any atom is -0.496 e. The quantitative estimate of drug-likeness (QED) is 0.755. The standard InChI is InChI=1S/C18H20O3S/c1-13-8-4-5-9-14(13)18(22-12-17(19)21-3)15-10-6-7-11-16(15)20-2/h4-11,18H,12H2,1-3H3. The summed E-state index contributed by atoms with van der Waals surface area (Å²) >= 11 is 1.55. The highest BCUT2D eigenvalue weighted by Gasteiger charge is 2.21. The molecule has 0 bridgehead atoms. The second-order valence-corrected chi connectivity index (χ2v) is 5.96. The molecule has 116 valence electrons. The molecular formula is C18H20O3S. The lowest BCUT2D eigenvalue weighted by Gasteiger charge is -2.21. The number of rotatable bonds is 6. The van der Waals surface area contributed by atoms with Gasteiger partial charge >= 0.3 is 5.97 Å². The zero-order chi connectivity index (χ0) is 15.9. The van der Waals surface area contributed by atoms with Crippen LogP contribution in [0.15, 0.2) is 48.5 Å². The average molecular weight is 316 g/mol. The molecule has 0 fully saturated rings. The number of ether oxygens (including phenoxy) is 2. The summed E-state index contributed by atoms with van der Waals surface area (Å²) in [5, 5.41) is 0.0245. The Kier molecular flexibility index (Phi) is 5.90. The van der Waals surface area contributed by atoms with Gasteiger partial charge in [-0.1, -0.05) is 42.5 Å². The Bertz CT molecular complexity index is 640. The third kappa shape index (κ3) is 3.83. The molecule has 2 aromatic carbocycles. The van der Waals surface area contributed by atoms with Gasteiger partial charge in [0.15, 0.2) is 0 Å². The second kappa shape index (κ2) is 7.90. The summed E-state index contributed by atoms with van der Waals surface area (Å²) in [7, 11) is 3.08. The van der Waals surface area contributed by atoms with Gasteiger partial charge in [-0.15, -0.1) is 11.8 Å². The van der Waals surface area contributed by atoms with E-state index in [9.17, 15) is 4.79 Å².